The molecule has 0 aromatic rings. The maximum Gasteiger partial charge on any atom is 0.410 e. The van der Waals surface area contributed by atoms with Gasteiger partial charge in [0.15, 0.2) is 0 Å². The lowest BCUT2D eigenvalue weighted by atomic mass is 9.78. The molecule has 1 saturated heterocycles. The van der Waals surface area contributed by atoms with Crippen molar-refractivity contribution in [2.24, 2.45) is 5.92 Å². The van der Waals surface area contributed by atoms with Crippen molar-refractivity contribution in [1.82, 2.24) is 4.90 Å². The Hall–Kier alpha value is -0.700. The number of amides is 1. The Labute approximate surface area is 108 Å². The number of carbonyl (C=O) groups is 1. The first-order chi connectivity index (χ1) is 8.27. The van der Waals surface area contributed by atoms with Crippen LogP contribution in [0.1, 0.15) is 32.6 Å². The third-order valence-electron chi connectivity index (χ3n) is 3.70. The smallest absolute Gasteiger partial charge is 0.410 e. The second-order valence-corrected chi connectivity index (χ2v) is 5.08. The number of ether oxygens (including phenoxy) is 1. The molecule has 0 spiro atoms. The van der Waals surface area contributed by atoms with Crippen molar-refractivity contribution in [3.63, 3.8) is 0 Å². The summed E-state index contributed by atoms with van der Waals surface area (Å²) in [6.45, 7) is 2.29. The maximum atomic E-state index is 12.0. The van der Waals surface area contributed by atoms with Gasteiger partial charge in [-0.1, -0.05) is 12.2 Å². The zero-order valence-corrected chi connectivity index (χ0v) is 11.0. The second kappa shape index (κ2) is 5.76. The number of hydrogen-bond donors (Lipinski definition) is 0. The molecule has 1 aliphatic carbocycles. The Morgan fingerprint density at radius 3 is 2.88 bits per heavy atom. The van der Waals surface area contributed by atoms with Gasteiger partial charge in [-0.25, -0.2) is 4.79 Å². The van der Waals surface area contributed by atoms with Gasteiger partial charge in [0.25, 0.3) is 0 Å². The van der Waals surface area contributed by atoms with E-state index in [0.717, 1.165) is 19.3 Å². The molecule has 3 nitrogen and oxygen atoms in total. The molecule has 2 aliphatic heterocycles. The van der Waals surface area contributed by atoms with Crippen molar-refractivity contribution >= 4 is 17.7 Å². The Balaban J connectivity index is 2.09. The summed E-state index contributed by atoms with van der Waals surface area (Å²) in [5.74, 6) is 1.15. The van der Waals surface area contributed by atoms with Gasteiger partial charge in [-0.2, -0.15) is 0 Å². The molecule has 1 amide bonds. The minimum atomic E-state index is -0.161. The summed E-state index contributed by atoms with van der Waals surface area (Å²) < 4.78 is 5.16. The topological polar surface area (TPSA) is 29.5 Å². The first-order valence-corrected chi connectivity index (χ1v) is 7.00. The molecular weight excluding hydrogens is 238 g/mol. The highest BCUT2D eigenvalue weighted by Crippen LogP contribution is 2.37. The van der Waals surface area contributed by atoms with Gasteiger partial charge in [-0.3, -0.25) is 4.90 Å². The summed E-state index contributed by atoms with van der Waals surface area (Å²) in [7, 11) is 0. The van der Waals surface area contributed by atoms with E-state index < -0.39 is 0 Å². The van der Waals surface area contributed by atoms with Crippen LogP contribution in [-0.2, 0) is 4.74 Å². The summed E-state index contributed by atoms with van der Waals surface area (Å²) in [5.41, 5.74) is 0. The molecule has 0 radical (unpaired) electrons. The van der Waals surface area contributed by atoms with Crippen LogP contribution >= 0.6 is 11.6 Å². The van der Waals surface area contributed by atoms with Crippen LogP contribution in [-0.4, -0.2) is 35.6 Å². The fraction of sp³-hybridized carbons (Fsp3) is 0.769. The molecule has 2 heterocycles. The summed E-state index contributed by atoms with van der Waals surface area (Å²) >= 11 is 5.76. The molecule has 2 bridgehead atoms. The molecule has 1 fully saturated rings. The summed E-state index contributed by atoms with van der Waals surface area (Å²) in [6, 6.07) is 0.524. The van der Waals surface area contributed by atoms with E-state index in [1.54, 1.807) is 0 Å². The number of carbonyl (C=O) groups excluding carboxylic acids is 1. The molecule has 17 heavy (non-hydrogen) atoms. The Bertz CT molecular complexity index is 306. The molecule has 96 valence electrons. The highest BCUT2D eigenvalue weighted by molar-refractivity contribution is 6.17. The predicted octanol–water partition coefficient (Wildman–Crippen LogP) is 3.18. The molecule has 3 rings (SSSR count). The normalized spacial score (nSPS) is 30.7. The van der Waals surface area contributed by atoms with Gasteiger partial charge in [-0.15, -0.1) is 11.6 Å². The van der Waals surface area contributed by atoms with E-state index in [0.29, 0.717) is 18.4 Å². The molecule has 0 saturated carbocycles. The third-order valence-corrected chi connectivity index (χ3v) is 3.96. The van der Waals surface area contributed by atoms with E-state index >= 15 is 0 Å². The minimum Gasteiger partial charge on any atom is -0.450 e. The predicted molar refractivity (Wildman–Crippen MR) is 68.3 cm³/mol. The van der Waals surface area contributed by atoms with E-state index in [-0.39, 0.29) is 18.2 Å². The zero-order valence-electron chi connectivity index (χ0n) is 10.3. The highest BCUT2D eigenvalue weighted by Gasteiger charge is 2.41. The highest BCUT2D eigenvalue weighted by atomic mass is 35.5. The van der Waals surface area contributed by atoms with Gasteiger partial charge in [0.2, 0.25) is 0 Å². The van der Waals surface area contributed by atoms with Crippen LogP contribution in [0.4, 0.5) is 4.79 Å². The number of halogens is 1. The van der Waals surface area contributed by atoms with Crippen LogP contribution in [0.15, 0.2) is 12.2 Å². The number of hydrogen-bond acceptors (Lipinski definition) is 2. The lowest BCUT2D eigenvalue weighted by Crippen LogP contribution is -2.55. The molecule has 0 aromatic heterocycles. The zero-order chi connectivity index (χ0) is 12.3. The van der Waals surface area contributed by atoms with Crippen LogP contribution < -0.4 is 0 Å². The lowest BCUT2D eigenvalue weighted by molar-refractivity contribution is 0.0362. The van der Waals surface area contributed by atoms with Gasteiger partial charge in [0, 0.05) is 11.9 Å². The maximum absolute atomic E-state index is 12.0. The van der Waals surface area contributed by atoms with E-state index in [4.69, 9.17) is 16.3 Å². The standard InChI is InChI=1S/C13H20ClNO2/c1-2-17-13(16)15-11-7-5-10(6-8-11)12(15)4-3-9-14/h5,7,10-12H,2-4,6,8-9H2,1H3/t10-,11+,12-/m1/s1. The largest absolute Gasteiger partial charge is 0.450 e. The van der Waals surface area contributed by atoms with Crippen LogP contribution in [0.5, 0.6) is 0 Å². The molecule has 0 aromatic carbocycles. The fourth-order valence-corrected chi connectivity index (χ4v) is 3.09. The summed E-state index contributed by atoms with van der Waals surface area (Å²) in [5, 5.41) is 0. The monoisotopic (exact) mass is 257 g/mol. The van der Waals surface area contributed by atoms with Crippen LogP contribution in [0.25, 0.3) is 0 Å². The Kier molecular flexibility index (Phi) is 4.32. The number of alkyl halides is 1. The number of rotatable bonds is 4. The van der Waals surface area contributed by atoms with E-state index in [1.807, 2.05) is 11.8 Å². The number of nitrogens with zero attached hydrogens (tertiary/aromatic N) is 1. The average molecular weight is 258 g/mol. The van der Waals surface area contributed by atoms with E-state index in [1.165, 1.54) is 6.42 Å². The van der Waals surface area contributed by atoms with E-state index in [9.17, 15) is 4.79 Å². The summed E-state index contributed by atoms with van der Waals surface area (Å²) in [6.07, 6.45) is 8.45. The quantitative estimate of drug-likeness (QED) is 0.572. The second-order valence-electron chi connectivity index (χ2n) is 4.70. The van der Waals surface area contributed by atoms with Crippen molar-refractivity contribution in [3.8, 4) is 0 Å². The molecule has 3 atom stereocenters. The molecule has 0 N–H and O–H groups in total. The minimum absolute atomic E-state index is 0.161. The first kappa shape index (κ1) is 12.7. The van der Waals surface area contributed by atoms with Gasteiger partial charge in [0.05, 0.1) is 12.6 Å². The van der Waals surface area contributed by atoms with Gasteiger partial charge < -0.3 is 4.74 Å². The van der Waals surface area contributed by atoms with Gasteiger partial charge >= 0.3 is 6.09 Å². The SMILES string of the molecule is CCOC(=O)N1[C@H](CCCCl)[C@@H]2C=C[C@H]1CC2. The molecule has 3 aliphatic rings. The van der Waals surface area contributed by atoms with Crippen molar-refractivity contribution in [1.29, 1.82) is 0 Å². The number of fused-ring (bicyclic) bond motifs is 2. The van der Waals surface area contributed by atoms with Crippen molar-refractivity contribution in [3.05, 3.63) is 12.2 Å². The van der Waals surface area contributed by atoms with Crippen LogP contribution in [0.3, 0.4) is 0 Å². The van der Waals surface area contributed by atoms with Crippen molar-refractivity contribution in [2.45, 2.75) is 44.7 Å². The van der Waals surface area contributed by atoms with Crippen LogP contribution in [0, 0.1) is 5.92 Å². The summed E-state index contributed by atoms with van der Waals surface area (Å²) in [4.78, 5) is 13.9. The average Bonchev–Trinajstić information content (AvgIpc) is 2.37. The van der Waals surface area contributed by atoms with Gasteiger partial charge in [-0.05, 0) is 38.5 Å². The van der Waals surface area contributed by atoms with E-state index in [2.05, 4.69) is 12.2 Å². The Morgan fingerprint density at radius 1 is 1.47 bits per heavy atom. The van der Waals surface area contributed by atoms with Gasteiger partial charge in [0.1, 0.15) is 0 Å². The number of piperidine rings is 1. The fourth-order valence-electron chi connectivity index (χ4n) is 2.94. The van der Waals surface area contributed by atoms with Crippen molar-refractivity contribution in [2.75, 3.05) is 12.5 Å². The van der Waals surface area contributed by atoms with Crippen LogP contribution in [0.2, 0.25) is 0 Å². The van der Waals surface area contributed by atoms with Crippen molar-refractivity contribution < 1.29 is 9.53 Å². The molecular formula is C13H20ClNO2. The third kappa shape index (κ3) is 2.59. The lowest BCUT2D eigenvalue weighted by Gasteiger charge is -2.47. The molecule has 0 unspecified atom stereocenters. The molecule has 4 heteroatoms. The first-order valence-electron chi connectivity index (χ1n) is 6.47. The Morgan fingerprint density at radius 2 is 2.29 bits per heavy atom.